The molecule has 0 aliphatic carbocycles. The predicted molar refractivity (Wildman–Crippen MR) is 135 cm³/mol. The quantitative estimate of drug-likeness (QED) is 0.227. The minimum Gasteiger partial charge on any atom is -0.483 e. The summed E-state index contributed by atoms with van der Waals surface area (Å²) in [4.78, 5) is 22.6. The normalized spacial score (nSPS) is 22.9. The monoisotopic (exact) mass is 523 g/mol. The predicted octanol–water partition coefficient (Wildman–Crippen LogP) is 3.79. The number of rotatable bonds is 11. The largest absolute Gasteiger partial charge is 0.483 e. The van der Waals surface area contributed by atoms with Crippen LogP contribution in [0.5, 0.6) is 5.75 Å². The lowest BCUT2D eigenvalue weighted by Gasteiger charge is -2.43. The summed E-state index contributed by atoms with van der Waals surface area (Å²) in [5.41, 5.74) is 1.69. The fourth-order valence-corrected chi connectivity index (χ4v) is 4.11. The Morgan fingerprint density at radius 1 is 0.895 bits per heavy atom. The molecule has 10 nitrogen and oxygen atoms in total. The van der Waals surface area contributed by atoms with E-state index in [1.807, 2.05) is 60.7 Å². The van der Waals surface area contributed by atoms with E-state index >= 15 is 0 Å². The third-order valence-electron chi connectivity index (χ3n) is 5.91. The molecule has 0 spiro atoms. The molecule has 0 saturated carbocycles. The number of benzene rings is 3. The number of aliphatic hydroxyl groups excluding tert-OH is 1. The van der Waals surface area contributed by atoms with Gasteiger partial charge in [0.25, 0.3) is 5.69 Å². The Labute approximate surface area is 219 Å². The fourth-order valence-electron chi connectivity index (χ4n) is 4.11. The second-order valence-corrected chi connectivity index (χ2v) is 8.73. The zero-order valence-electron chi connectivity index (χ0n) is 20.8. The molecule has 38 heavy (non-hydrogen) atoms. The molecule has 1 N–H and O–H groups in total. The summed E-state index contributed by atoms with van der Waals surface area (Å²) < 4.78 is 29.4. The van der Waals surface area contributed by atoms with Crippen LogP contribution in [-0.2, 0) is 37.0 Å². The lowest BCUT2D eigenvalue weighted by atomic mass is 9.98. The number of ether oxygens (including phenoxy) is 5. The van der Waals surface area contributed by atoms with Crippen LogP contribution in [0.2, 0.25) is 0 Å². The number of nitrogens with zero attached hydrogens (tertiary/aromatic N) is 1. The van der Waals surface area contributed by atoms with Gasteiger partial charge in [0.15, 0.2) is 18.5 Å². The van der Waals surface area contributed by atoms with Gasteiger partial charge in [-0.2, -0.15) is 0 Å². The second-order valence-electron chi connectivity index (χ2n) is 8.73. The van der Waals surface area contributed by atoms with Crippen LogP contribution >= 0.6 is 0 Å². The highest BCUT2D eigenvalue weighted by atomic mass is 16.7. The molecule has 0 aromatic heterocycles. The van der Waals surface area contributed by atoms with Gasteiger partial charge in [-0.05, 0) is 23.3 Å². The van der Waals surface area contributed by atoms with Crippen molar-refractivity contribution in [3.8, 4) is 5.75 Å². The molecule has 1 aliphatic heterocycles. The number of hydrogen-bond donors (Lipinski definition) is 1. The van der Waals surface area contributed by atoms with Crippen LogP contribution < -0.4 is 4.74 Å². The van der Waals surface area contributed by atoms with E-state index in [1.165, 1.54) is 31.2 Å². The summed E-state index contributed by atoms with van der Waals surface area (Å²) in [6, 6.07) is 24.3. The highest BCUT2D eigenvalue weighted by molar-refractivity contribution is 5.66. The van der Waals surface area contributed by atoms with Crippen LogP contribution in [0.3, 0.4) is 0 Å². The van der Waals surface area contributed by atoms with Crippen LogP contribution in [0.15, 0.2) is 84.9 Å². The van der Waals surface area contributed by atoms with Crippen LogP contribution in [0, 0.1) is 10.1 Å². The molecule has 4 rings (SSSR count). The molecule has 3 aromatic carbocycles. The van der Waals surface area contributed by atoms with Crippen molar-refractivity contribution in [1.82, 2.24) is 0 Å². The topological polar surface area (TPSA) is 127 Å². The van der Waals surface area contributed by atoms with Gasteiger partial charge < -0.3 is 28.8 Å². The Balaban J connectivity index is 1.56. The Hall–Kier alpha value is -3.83. The SMILES string of the molecule is CC(=O)O[C@@H]1[C@H](Oc2ccc([N+](=O)[O-])cc2)[C@@H](OCc2ccccc2)[C@@H](O)O[C@@H]1COCc1ccccc1. The molecule has 0 radical (unpaired) electrons. The number of nitro groups is 1. The fraction of sp³-hybridized carbons (Fsp3) is 0.321. The molecule has 0 amide bonds. The Morgan fingerprint density at radius 2 is 1.50 bits per heavy atom. The molecule has 1 fully saturated rings. The standard InChI is InChI=1S/C28H29NO9/c1-19(30)36-25-24(18-34-16-20-8-4-2-5-9-20)38-28(31)27(35-17-21-10-6-3-7-11-21)26(25)37-23-14-12-22(13-15-23)29(32)33/h2-15,24-28,31H,16-18H2,1H3/t24-,25+,26+,27-,28+/m1/s1. The van der Waals surface area contributed by atoms with Crippen LogP contribution in [-0.4, -0.2) is 53.3 Å². The van der Waals surface area contributed by atoms with Gasteiger partial charge in [0, 0.05) is 19.1 Å². The molecular weight excluding hydrogens is 494 g/mol. The van der Waals surface area contributed by atoms with Crippen molar-refractivity contribution in [2.75, 3.05) is 6.61 Å². The van der Waals surface area contributed by atoms with Gasteiger partial charge in [0.2, 0.25) is 0 Å². The third kappa shape index (κ3) is 7.36. The molecule has 3 aromatic rings. The van der Waals surface area contributed by atoms with Crippen molar-refractivity contribution in [2.24, 2.45) is 0 Å². The summed E-state index contributed by atoms with van der Waals surface area (Å²) in [5.74, 6) is -0.314. The van der Waals surface area contributed by atoms with E-state index in [4.69, 9.17) is 23.7 Å². The molecule has 1 aliphatic rings. The van der Waals surface area contributed by atoms with Gasteiger partial charge in [0.1, 0.15) is 18.0 Å². The number of esters is 1. The van der Waals surface area contributed by atoms with Crippen molar-refractivity contribution in [3.63, 3.8) is 0 Å². The maximum absolute atomic E-state index is 12.1. The average molecular weight is 524 g/mol. The van der Waals surface area contributed by atoms with Gasteiger partial charge in [0.05, 0.1) is 24.7 Å². The molecule has 0 bridgehead atoms. The zero-order valence-corrected chi connectivity index (χ0v) is 20.8. The average Bonchev–Trinajstić information content (AvgIpc) is 2.91. The van der Waals surface area contributed by atoms with Gasteiger partial charge in [-0.15, -0.1) is 0 Å². The van der Waals surface area contributed by atoms with E-state index in [-0.39, 0.29) is 31.3 Å². The van der Waals surface area contributed by atoms with Crippen LogP contribution in [0.25, 0.3) is 0 Å². The zero-order chi connectivity index (χ0) is 26.9. The number of aliphatic hydroxyl groups is 1. The number of carbonyl (C=O) groups excluding carboxylic acids is 1. The summed E-state index contributed by atoms with van der Waals surface area (Å²) in [7, 11) is 0. The van der Waals surface area contributed by atoms with Crippen LogP contribution in [0.1, 0.15) is 18.1 Å². The number of nitro benzene ring substituents is 1. The van der Waals surface area contributed by atoms with E-state index in [1.54, 1.807) is 0 Å². The molecule has 1 saturated heterocycles. The molecule has 0 unspecified atom stereocenters. The highest BCUT2D eigenvalue weighted by Crippen LogP contribution is 2.30. The smallest absolute Gasteiger partial charge is 0.303 e. The lowest BCUT2D eigenvalue weighted by molar-refractivity contribution is -0.384. The Morgan fingerprint density at radius 3 is 2.08 bits per heavy atom. The van der Waals surface area contributed by atoms with Crippen molar-refractivity contribution < 1.29 is 38.5 Å². The third-order valence-corrected chi connectivity index (χ3v) is 5.91. The lowest BCUT2D eigenvalue weighted by Crippen LogP contribution is -2.62. The Bertz CT molecular complexity index is 1170. The van der Waals surface area contributed by atoms with Gasteiger partial charge >= 0.3 is 5.97 Å². The summed E-state index contributed by atoms with van der Waals surface area (Å²) >= 11 is 0. The van der Waals surface area contributed by atoms with Crippen LogP contribution in [0.4, 0.5) is 5.69 Å². The maximum atomic E-state index is 12.1. The first kappa shape index (κ1) is 27.2. The highest BCUT2D eigenvalue weighted by Gasteiger charge is 2.50. The van der Waals surface area contributed by atoms with E-state index in [9.17, 15) is 20.0 Å². The van der Waals surface area contributed by atoms with Gasteiger partial charge in [-0.1, -0.05) is 60.7 Å². The first-order valence-electron chi connectivity index (χ1n) is 12.1. The van der Waals surface area contributed by atoms with Crippen molar-refractivity contribution in [2.45, 2.75) is 50.8 Å². The van der Waals surface area contributed by atoms with Gasteiger partial charge in [-0.3, -0.25) is 14.9 Å². The van der Waals surface area contributed by atoms with Gasteiger partial charge in [-0.25, -0.2) is 0 Å². The van der Waals surface area contributed by atoms with E-state index < -0.39 is 41.6 Å². The number of carbonyl (C=O) groups is 1. The molecule has 200 valence electrons. The first-order chi connectivity index (χ1) is 18.4. The summed E-state index contributed by atoms with van der Waals surface area (Å²) in [5, 5.41) is 22.0. The first-order valence-corrected chi connectivity index (χ1v) is 12.1. The molecule has 1 heterocycles. The number of non-ortho nitro benzene ring substituents is 1. The maximum Gasteiger partial charge on any atom is 0.303 e. The summed E-state index contributed by atoms with van der Waals surface area (Å²) in [6.07, 6.45) is -5.39. The van der Waals surface area contributed by atoms with E-state index in [0.29, 0.717) is 0 Å². The number of hydrogen-bond acceptors (Lipinski definition) is 9. The van der Waals surface area contributed by atoms with E-state index in [2.05, 4.69) is 0 Å². The van der Waals surface area contributed by atoms with Crippen molar-refractivity contribution in [3.05, 3.63) is 106 Å². The Kier molecular flexibility index (Phi) is 9.39. The van der Waals surface area contributed by atoms with Crippen molar-refractivity contribution >= 4 is 11.7 Å². The minimum atomic E-state index is -1.43. The summed E-state index contributed by atoms with van der Waals surface area (Å²) in [6.45, 7) is 1.67. The van der Waals surface area contributed by atoms with E-state index in [0.717, 1.165) is 11.1 Å². The molecule has 10 heteroatoms. The van der Waals surface area contributed by atoms with Crippen molar-refractivity contribution in [1.29, 1.82) is 0 Å². The minimum absolute atomic E-state index is 0.00454. The molecular formula is C28H29NO9. The molecule has 5 atom stereocenters. The second kappa shape index (κ2) is 13.1.